The number of nitrogens with zero attached hydrogens (tertiary/aromatic N) is 6. The minimum atomic E-state index is -5.11. The van der Waals surface area contributed by atoms with E-state index in [1.807, 2.05) is 6.07 Å². The minimum absolute atomic E-state index is 0.00955. The second-order valence-corrected chi connectivity index (χ2v) is 19.7. The SMILES string of the molecule is CC(C)(C)OC(=O)CCOCCCN1CCC[C@H]1COc1nc(N2CC3CCC(C2)N3C(=O)OC(C)(C)C)c2cc(C(F)(F)F)c(-c3ccc(F)c4c3C(C#N)C(N)S4)c(F)c2n1. The summed E-state index contributed by atoms with van der Waals surface area (Å²) in [6, 6.07) is 3.71. The molecule has 342 valence electrons. The molecule has 0 radical (unpaired) electrons. The first kappa shape index (κ1) is 46.5. The number of aromatic nitrogens is 2. The van der Waals surface area contributed by atoms with Crippen LogP contribution in [0.3, 0.4) is 0 Å². The molecule has 2 bridgehead atoms. The van der Waals surface area contributed by atoms with Gasteiger partial charge in [0, 0.05) is 48.1 Å². The molecule has 0 spiro atoms. The first-order chi connectivity index (χ1) is 29.6. The van der Waals surface area contributed by atoms with Gasteiger partial charge in [0.05, 0.1) is 48.0 Å². The molecule has 1 aromatic heterocycles. The molecule has 0 aliphatic carbocycles. The Morgan fingerprint density at radius 1 is 0.984 bits per heavy atom. The van der Waals surface area contributed by atoms with Crippen molar-refractivity contribution in [2.24, 2.45) is 5.73 Å². The Kier molecular flexibility index (Phi) is 13.4. The van der Waals surface area contributed by atoms with E-state index in [0.29, 0.717) is 32.4 Å². The number of nitrogens with two attached hydrogens (primary N) is 1. The van der Waals surface area contributed by atoms with Crippen LogP contribution in [0.5, 0.6) is 6.01 Å². The molecule has 3 fully saturated rings. The number of hydrogen-bond donors (Lipinski definition) is 1. The zero-order chi connectivity index (χ0) is 45.6. The smallest absolute Gasteiger partial charge is 0.417 e. The Hall–Kier alpha value is -4.51. The van der Waals surface area contributed by atoms with Crippen LogP contribution in [0, 0.1) is 23.0 Å². The Balaban J connectivity index is 1.21. The summed E-state index contributed by atoms with van der Waals surface area (Å²) in [4.78, 5) is 40.0. The van der Waals surface area contributed by atoms with Gasteiger partial charge in [-0.3, -0.25) is 14.6 Å². The first-order valence-electron chi connectivity index (χ1n) is 21.3. The van der Waals surface area contributed by atoms with Gasteiger partial charge in [-0.15, -0.1) is 11.8 Å². The average Bonchev–Trinajstić information content (AvgIpc) is 3.86. The van der Waals surface area contributed by atoms with Crippen molar-refractivity contribution in [3.05, 3.63) is 41.0 Å². The summed E-state index contributed by atoms with van der Waals surface area (Å²) in [5, 5.41) is 8.79. The number of carbonyl (C=O) groups excluding carboxylic acids is 2. The predicted molar refractivity (Wildman–Crippen MR) is 225 cm³/mol. The number of fused-ring (bicyclic) bond motifs is 4. The van der Waals surface area contributed by atoms with Crippen LogP contribution in [0.2, 0.25) is 0 Å². The van der Waals surface area contributed by atoms with Crippen molar-refractivity contribution >= 4 is 40.5 Å². The number of hydrogen-bond acceptors (Lipinski definition) is 13. The normalized spacial score (nSPS) is 22.7. The van der Waals surface area contributed by atoms with Crippen LogP contribution in [0.15, 0.2) is 23.1 Å². The molecular formula is C44H54F5N7O6S. The van der Waals surface area contributed by atoms with Gasteiger partial charge in [-0.1, -0.05) is 6.07 Å². The van der Waals surface area contributed by atoms with Gasteiger partial charge in [-0.25, -0.2) is 13.6 Å². The Morgan fingerprint density at radius 3 is 2.33 bits per heavy atom. The lowest BCUT2D eigenvalue weighted by atomic mass is 9.87. The number of thioether (sulfide) groups is 1. The number of carbonyl (C=O) groups is 2. The van der Waals surface area contributed by atoms with Crippen LogP contribution in [0.1, 0.15) is 97.1 Å². The van der Waals surface area contributed by atoms with E-state index in [9.17, 15) is 14.9 Å². The number of alkyl halides is 3. The number of amides is 1. The lowest BCUT2D eigenvalue weighted by molar-refractivity contribution is -0.156. The first-order valence-corrected chi connectivity index (χ1v) is 22.2. The van der Waals surface area contributed by atoms with Gasteiger partial charge in [0.15, 0.2) is 5.82 Å². The van der Waals surface area contributed by atoms with E-state index in [-0.39, 0.29) is 90.1 Å². The average molecular weight is 904 g/mol. The van der Waals surface area contributed by atoms with Gasteiger partial charge in [0.25, 0.3) is 0 Å². The van der Waals surface area contributed by atoms with Crippen LogP contribution in [0.4, 0.5) is 32.6 Å². The van der Waals surface area contributed by atoms with Crippen LogP contribution in [0.25, 0.3) is 22.0 Å². The number of piperazine rings is 1. The van der Waals surface area contributed by atoms with Crippen molar-refractivity contribution < 1.29 is 50.5 Å². The fourth-order valence-electron chi connectivity index (χ4n) is 8.97. The third-order valence-electron chi connectivity index (χ3n) is 11.5. The topological polar surface area (TPSA) is 156 Å². The number of anilines is 1. The zero-order valence-electron chi connectivity index (χ0n) is 36.3. The van der Waals surface area contributed by atoms with Gasteiger partial charge in [0.1, 0.15) is 35.0 Å². The van der Waals surface area contributed by atoms with Crippen LogP contribution >= 0.6 is 11.8 Å². The number of benzene rings is 2. The van der Waals surface area contributed by atoms with Crippen molar-refractivity contribution in [2.75, 3.05) is 50.9 Å². The summed E-state index contributed by atoms with van der Waals surface area (Å²) in [7, 11) is 0. The Labute approximate surface area is 367 Å². The lowest BCUT2D eigenvalue weighted by Crippen LogP contribution is -2.57. The highest BCUT2D eigenvalue weighted by Gasteiger charge is 2.46. The maximum Gasteiger partial charge on any atom is 0.417 e. The predicted octanol–water partition coefficient (Wildman–Crippen LogP) is 8.16. The standard InChI is InChI=1S/C44H54F5N7O6S/c1-42(2,3)61-32(57)14-18-59-17-8-16-54-15-7-9-26(54)23-60-40-52-36-28(39(53-40)55-21-24-10-11-25(22-55)56(24)41(58)62-43(4,5)6)19-30(44(47,48)49)34(35(36)46)27-12-13-31(45)37-33(27)29(20-50)38(51)63-37/h12-13,19,24-26,29,38H,7-11,14-18,21-23,51H2,1-6H3/t24?,25?,26-,29?,38?/m0/s1. The van der Waals surface area contributed by atoms with Crippen molar-refractivity contribution in [1.29, 1.82) is 5.26 Å². The van der Waals surface area contributed by atoms with E-state index >= 15 is 22.0 Å². The summed E-state index contributed by atoms with van der Waals surface area (Å²) in [5.74, 6) is -3.67. The maximum atomic E-state index is 17.4. The molecule has 2 aromatic carbocycles. The Morgan fingerprint density at radius 2 is 1.68 bits per heavy atom. The summed E-state index contributed by atoms with van der Waals surface area (Å²) in [6.07, 6.45) is -1.90. The molecule has 4 aliphatic rings. The quantitative estimate of drug-likeness (QED) is 0.106. The molecule has 5 heterocycles. The molecule has 3 saturated heterocycles. The van der Waals surface area contributed by atoms with Gasteiger partial charge in [-0.05, 0) is 103 Å². The maximum absolute atomic E-state index is 17.4. The van der Waals surface area contributed by atoms with Crippen LogP contribution < -0.4 is 15.4 Å². The summed E-state index contributed by atoms with van der Waals surface area (Å²) < 4.78 is 101. The molecule has 19 heteroatoms. The molecule has 7 rings (SSSR count). The van der Waals surface area contributed by atoms with Gasteiger partial charge in [-0.2, -0.15) is 28.4 Å². The molecule has 3 aromatic rings. The number of rotatable bonds is 12. The molecule has 4 unspecified atom stereocenters. The highest BCUT2D eigenvalue weighted by molar-refractivity contribution is 8.00. The Bertz CT molecular complexity index is 2250. The molecule has 0 saturated carbocycles. The van der Waals surface area contributed by atoms with E-state index < -0.39 is 63.0 Å². The van der Waals surface area contributed by atoms with Gasteiger partial charge >= 0.3 is 24.2 Å². The summed E-state index contributed by atoms with van der Waals surface area (Å²) in [5.41, 5.74) is 1.70. The van der Waals surface area contributed by atoms with E-state index in [0.717, 1.165) is 49.3 Å². The minimum Gasteiger partial charge on any atom is -0.462 e. The highest BCUT2D eigenvalue weighted by Crippen LogP contribution is 2.52. The molecule has 1 amide bonds. The molecule has 4 aliphatic heterocycles. The molecule has 5 atom stereocenters. The van der Waals surface area contributed by atoms with Crippen molar-refractivity contribution in [1.82, 2.24) is 19.8 Å². The zero-order valence-corrected chi connectivity index (χ0v) is 37.1. The molecule has 2 N–H and O–H groups in total. The van der Waals surface area contributed by atoms with Crippen molar-refractivity contribution in [2.45, 2.75) is 132 Å². The summed E-state index contributed by atoms with van der Waals surface area (Å²) in [6.45, 7) is 13.3. The van der Waals surface area contributed by atoms with E-state index in [1.54, 1.807) is 51.3 Å². The number of esters is 1. The lowest BCUT2D eigenvalue weighted by Gasteiger charge is -2.42. The fraction of sp³-hybridized carbons (Fsp3) is 0.614. The fourth-order valence-corrected chi connectivity index (χ4v) is 10.1. The van der Waals surface area contributed by atoms with Crippen LogP contribution in [-0.2, 0) is 25.2 Å². The van der Waals surface area contributed by atoms with E-state index in [1.165, 1.54) is 0 Å². The monoisotopic (exact) mass is 903 g/mol. The van der Waals surface area contributed by atoms with Crippen molar-refractivity contribution in [3.8, 4) is 23.2 Å². The molecular weight excluding hydrogens is 850 g/mol. The summed E-state index contributed by atoms with van der Waals surface area (Å²) >= 11 is 0.806. The second kappa shape index (κ2) is 18.2. The van der Waals surface area contributed by atoms with Crippen molar-refractivity contribution in [3.63, 3.8) is 0 Å². The second-order valence-electron chi connectivity index (χ2n) is 18.5. The number of likely N-dealkylation sites (tertiary alicyclic amines) is 1. The van der Waals surface area contributed by atoms with Gasteiger partial charge in [0.2, 0.25) is 0 Å². The number of nitriles is 1. The number of halogens is 5. The third kappa shape index (κ3) is 10.2. The van der Waals surface area contributed by atoms with E-state index in [2.05, 4.69) is 14.9 Å². The molecule has 13 nitrogen and oxygen atoms in total. The molecule has 63 heavy (non-hydrogen) atoms. The van der Waals surface area contributed by atoms with Crippen LogP contribution in [-0.4, -0.2) is 113 Å². The highest BCUT2D eigenvalue weighted by atomic mass is 32.2. The third-order valence-corrected chi connectivity index (χ3v) is 12.7. The van der Waals surface area contributed by atoms with Gasteiger partial charge < -0.3 is 29.6 Å². The number of ether oxygens (including phenoxy) is 4. The van der Waals surface area contributed by atoms with E-state index in [4.69, 9.17) is 24.7 Å². The largest absolute Gasteiger partial charge is 0.462 e.